The molecule has 1 unspecified atom stereocenters. The van der Waals surface area contributed by atoms with Gasteiger partial charge in [0.2, 0.25) is 5.91 Å². The molecule has 0 aromatic heterocycles. The van der Waals surface area contributed by atoms with Crippen molar-refractivity contribution in [2.24, 2.45) is 11.8 Å². The number of fused-ring (bicyclic) bond motifs is 1. The zero-order valence-corrected chi connectivity index (χ0v) is 13.3. The minimum absolute atomic E-state index is 0.0931. The first kappa shape index (κ1) is 14.7. The van der Waals surface area contributed by atoms with Crippen molar-refractivity contribution in [1.82, 2.24) is 4.90 Å². The van der Waals surface area contributed by atoms with E-state index in [1.807, 2.05) is 0 Å². The molecule has 1 N–H and O–H groups in total. The molecule has 122 valence electrons. The summed E-state index contributed by atoms with van der Waals surface area (Å²) in [6.45, 7) is 0. The van der Waals surface area contributed by atoms with Gasteiger partial charge in [-0.25, -0.2) is 0 Å². The molecule has 0 spiro atoms. The van der Waals surface area contributed by atoms with Crippen LogP contribution in [0.1, 0.15) is 55.7 Å². The fourth-order valence-corrected chi connectivity index (χ4v) is 4.41. The summed E-state index contributed by atoms with van der Waals surface area (Å²) < 4.78 is 0. The molecule has 1 aromatic rings. The van der Waals surface area contributed by atoms with Crippen LogP contribution in [0, 0.1) is 11.8 Å². The first-order valence-corrected chi connectivity index (χ1v) is 8.78. The van der Waals surface area contributed by atoms with Crippen molar-refractivity contribution in [3.63, 3.8) is 0 Å². The van der Waals surface area contributed by atoms with Gasteiger partial charge in [-0.05, 0) is 56.1 Å². The molecule has 0 saturated heterocycles. The molecule has 0 heterocycles. The van der Waals surface area contributed by atoms with Crippen LogP contribution in [-0.4, -0.2) is 27.9 Å². The third-order valence-corrected chi connectivity index (χ3v) is 5.76. The smallest absolute Gasteiger partial charge is 0.306 e. The van der Waals surface area contributed by atoms with Crippen molar-refractivity contribution in [3.8, 4) is 0 Å². The van der Waals surface area contributed by atoms with E-state index in [2.05, 4.69) is 29.2 Å². The summed E-state index contributed by atoms with van der Waals surface area (Å²) in [5, 5.41) is 9.19. The van der Waals surface area contributed by atoms with Gasteiger partial charge in [0.25, 0.3) is 0 Å². The first-order chi connectivity index (χ1) is 11.1. The van der Waals surface area contributed by atoms with E-state index in [4.69, 9.17) is 0 Å². The number of carbonyl (C=O) groups excluding carboxylic acids is 1. The Bertz CT molecular complexity index is 637. The van der Waals surface area contributed by atoms with Crippen molar-refractivity contribution in [1.29, 1.82) is 0 Å². The summed E-state index contributed by atoms with van der Waals surface area (Å²) in [6.07, 6.45) is 6.14. The van der Waals surface area contributed by atoms with Gasteiger partial charge in [-0.2, -0.15) is 0 Å². The van der Waals surface area contributed by atoms with Gasteiger partial charge >= 0.3 is 5.97 Å². The van der Waals surface area contributed by atoms with Crippen molar-refractivity contribution in [2.75, 3.05) is 0 Å². The fraction of sp³-hybridized carbons (Fsp3) is 0.579. The Hall–Kier alpha value is -1.84. The molecule has 1 aromatic carbocycles. The zero-order chi connectivity index (χ0) is 16.0. The van der Waals surface area contributed by atoms with E-state index < -0.39 is 5.97 Å². The Kier molecular flexibility index (Phi) is 3.63. The lowest BCUT2D eigenvalue weighted by molar-refractivity contribution is -0.142. The largest absolute Gasteiger partial charge is 0.481 e. The summed E-state index contributed by atoms with van der Waals surface area (Å²) in [5.41, 5.74) is 2.67. The number of carbonyl (C=O) groups is 2. The van der Waals surface area contributed by atoms with Gasteiger partial charge in [0.15, 0.2) is 0 Å². The predicted octanol–water partition coefficient (Wildman–Crippen LogP) is 3.17. The second-order valence-corrected chi connectivity index (χ2v) is 7.28. The maximum atomic E-state index is 13.1. The number of carboxylic acid groups (broad SMARTS) is 1. The lowest BCUT2D eigenvalue weighted by Crippen LogP contribution is -2.39. The Labute approximate surface area is 136 Å². The summed E-state index contributed by atoms with van der Waals surface area (Å²) in [5.74, 6) is -0.965. The third kappa shape index (κ3) is 2.64. The van der Waals surface area contributed by atoms with E-state index >= 15 is 0 Å². The minimum Gasteiger partial charge on any atom is -0.481 e. The molecule has 4 heteroatoms. The van der Waals surface area contributed by atoms with Gasteiger partial charge in [0, 0.05) is 12.0 Å². The van der Waals surface area contributed by atoms with Gasteiger partial charge in [-0.3, -0.25) is 9.59 Å². The molecule has 2 saturated carbocycles. The van der Waals surface area contributed by atoms with Gasteiger partial charge in [0.1, 0.15) is 0 Å². The number of carboxylic acids is 1. The molecule has 3 aliphatic rings. The second kappa shape index (κ2) is 5.66. The normalized spacial score (nSPS) is 29.3. The Morgan fingerprint density at radius 3 is 2.43 bits per heavy atom. The number of nitrogens with zero attached hydrogens (tertiary/aromatic N) is 1. The Morgan fingerprint density at radius 1 is 1.00 bits per heavy atom. The standard InChI is InChI=1S/C19H23NO3/c21-18(13-5-6-14(11-13)19(22)23)20(15-8-9-15)17-10-7-12-3-1-2-4-16(12)17/h1-4,13-15,17H,5-11H2,(H,22,23)/t13-,14+,17?/m0/s1. The second-order valence-electron chi connectivity index (χ2n) is 7.28. The molecule has 4 rings (SSSR count). The summed E-state index contributed by atoms with van der Waals surface area (Å²) in [6, 6.07) is 9.03. The van der Waals surface area contributed by atoms with Crippen LogP contribution in [0.4, 0.5) is 0 Å². The van der Waals surface area contributed by atoms with Crippen LogP contribution >= 0.6 is 0 Å². The first-order valence-electron chi connectivity index (χ1n) is 8.78. The van der Waals surface area contributed by atoms with Crippen LogP contribution in [0.3, 0.4) is 0 Å². The highest BCUT2D eigenvalue weighted by Gasteiger charge is 2.44. The van der Waals surface area contributed by atoms with E-state index in [1.54, 1.807) is 0 Å². The zero-order valence-electron chi connectivity index (χ0n) is 13.3. The molecular weight excluding hydrogens is 290 g/mol. The molecule has 0 radical (unpaired) electrons. The average molecular weight is 313 g/mol. The number of amides is 1. The summed E-state index contributed by atoms with van der Waals surface area (Å²) >= 11 is 0. The van der Waals surface area contributed by atoms with Gasteiger partial charge in [-0.15, -0.1) is 0 Å². The summed E-state index contributed by atoms with van der Waals surface area (Å²) in [4.78, 5) is 26.4. The van der Waals surface area contributed by atoms with Crippen LogP contribution in [0.2, 0.25) is 0 Å². The van der Waals surface area contributed by atoms with Crippen molar-refractivity contribution < 1.29 is 14.7 Å². The fourth-order valence-electron chi connectivity index (χ4n) is 4.41. The Morgan fingerprint density at radius 2 is 1.74 bits per heavy atom. The Balaban J connectivity index is 1.55. The minimum atomic E-state index is -0.746. The van der Waals surface area contributed by atoms with E-state index in [0.717, 1.165) is 32.1 Å². The molecule has 4 nitrogen and oxygen atoms in total. The van der Waals surface area contributed by atoms with Gasteiger partial charge in [0.05, 0.1) is 12.0 Å². The van der Waals surface area contributed by atoms with Gasteiger partial charge in [-0.1, -0.05) is 24.3 Å². The highest BCUT2D eigenvalue weighted by atomic mass is 16.4. The third-order valence-electron chi connectivity index (χ3n) is 5.76. The van der Waals surface area contributed by atoms with E-state index in [1.165, 1.54) is 11.1 Å². The topological polar surface area (TPSA) is 57.6 Å². The number of benzene rings is 1. The molecule has 3 aliphatic carbocycles. The lowest BCUT2D eigenvalue weighted by atomic mass is 10.0. The highest BCUT2D eigenvalue weighted by Crippen LogP contribution is 2.44. The number of aryl methyl sites for hydroxylation is 1. The predicted molar refractivity (Wildman–Crippen MR) is 85.8 cm³/mol. The number of aliphatic carboxylic acids is 1. The van der Waals surface area contributed by atoms with E-state index in [9.17, 15) is 14.7 Å². The van der Waals surface area contributed by atoms with Crippen LogP contribution < -0.4 is 0 Å². The van der Waals surface area contributed by atoms with Crippen molar-refractivity contribution >= 4 is 11.9 Å². The van der Waals surface area contributed by atoms with E-state index in [0.29, 0.717) is 18.9 Å². The van der Waals surface area contributed by atoms with Crippen molar-refractivity contribution in [3.05, 3.63) is 35.4 Å². The van der Waals surface area contributed by atoms with Crippen LogP contribution in [0.25, 0.3) is 0 Å². The number of hydrogen-bond donors (Lipinski definition) is 1. The van der Waals surface area contributed by atoms with Crippen LogP contribution in [0.5, 0.6) is 0 Å². The highest BCUT2D eigenvalue weighted by molar-refractivity contribution is 5.82. The molecule has 1 amide bonds. The molecule has 0 bridgehead atoms. The maximum Gasteiger partial charge on any atom is 0.306 e. The average Bonchev–Trinajstić information content (AvgIpc) is 3.10. The van der Waals surface area contributed by atoms with Gasteiger partial charge < -0.3 is 10.0 Å². The summed E-state index contributed by atoms with van der Waals surface area (Å²) in [7, 11) is 0. The lowest BCUT2D eigenvalue weighted by Gasteiger charge is -2.32. The maximum absolute atomic E-state index is 13.1. The number of rotatable bonds is 4. The van der Waals surface area contributed by atoms with Crippen LogP contribution in [-0.2, 0) is 16.0 Å². The molecule has 0 aliphatic heterocycles. The molecule has 23 heavy (non-hydrogen) atoms. The van der Waals surface area contributed by atoms with Crippen LogP contribution in [0.15, 0.2) is 24.3 Å². The monoisotopic (exact) mass is 313 g/mol. The quantitative estimate of drug-likeness (QED) is 0.929. The molecular formula is C19H23NO3. The SMILES string of the molecule is O=C(O)[C@@H]1CC[C@H](C(=O)N(C2CC2)C2CCc3ccccc32)C1. The number of hydrogen-bond acceptors (Lipinski definition) is 2. The van der Waals surface area contributed by atoms with E-state index in [-0.39, 0.29) is 23.8 Å². The van der Waals surface area contributed by atoms with Crippen molar-refractivity contribution in [2.45, 2.75) is 57.0 Å². The molecule has 2 fully saturated rings. The molecule has 3 atom stereocenters.